The highest BCUT2D eigenvalue weighted by Crippen LogP contribution is 2.43. The van der Waals surface area contributed by atoms with Gasteiger partial charge >= 0.3 is 0 Å². The van der Waals surface area contributed by atoms with E-state index in [2.05, 4.69) is 50.5 Å². The molecule has 16 nitrogen and oxygen atoms in total. The molecule has 2 aliphatic heterocycles. The molecule has 0 unspecified atom stereocenters. The molecule has 10 rings (SSSR count). The van der Waals surface area contributed by atoms with E-state index < -0.39 is 0 Å². The minimum absolute atomic E-state index is 0.00812. The predicted octanol–water partition coefficient (Wildman–Crippen LogP) is 5.21. The van der Waals surface area contributed by atoms with Gasteiger partial charge in [0.1, 0.15) is 45.3 Å². The number of amides is 2. The molecule has 0 saturated carbocycles. The summed E-state index contributed by atoms with van der Waals surface area (Å²) in [6.45, 7) is 1.09. The predicted molar refractivity (Wildman–Crippen MR) is 230 cm³/mol. The number of pyridine rings is 2. The molecule has 2 amide bonds. The number of aromatic nitrogens is 6. The van der Waals surface area contributed by atoms with Crippen LogP contribution in [0.15, 0.2) is 39.6 Å². The summed E-state index contributed by atoms with van der Waals surface area (Å²) in [6.07, 6.45) is 11.4. The number of rotatable bonds is 7. The molecule has 0 saturated heterocycles. The number of carbonyl (C=O) groups is 2. The monoisotopic (exact) mass is 830 g/mol. The molecule has 2 aliphatic carbocycles. The highest BCUT2D eigenvalue weighted by atomic mass is 32.1. The number of hydrogen-bond donors (Lipinski definition) is 3. The van der Waals surface area contributed by atoms with Crippen molar-refractivity contribution < 1.29 is 14.3 Å². The van der Waals surface area contributed by atoms with Crippen molar-refractivity contribution in [3.8, 4) is 5.88 Å². The third-order valence-corrected chi connectivity index (χ3v) is 13.5. The number of fused-ring (bicyclic) bond motifs is 8. The molecule has 6 aromatic heterocycles. The van der Waals surface area contributed by atoms with E-state index in [-0.39, 0.29) is 29.2 Å². The van der Waals surface area contributed by atoms with E-state index in [9.17, 15) is 14.4 Å². The van der Waals surface area contributed by atoms with E-state index in [1.807, 2.05) is 32.4 Å². The smallest absolute Gasteiger partial charge is 0.271 e. The Balaban J connectivity index is 0.000000152. The van der Waals surface area contributed by atoms with Crippen LogP contribution in [-0.2, 0) is 48.4 Å². The van der Waals surface area contributed by atoms with Crippen molar-refractivity contribution in [3.63, 3.8) is 0 Å². The zero-order chi connectivity index (χ0) is 40.9. The van der Waals surface area contributed by atoms with Gasteiger partial charge in [-0.1, -0.05) is 0 Å². The quantitative estimate of drug-likeness (QED) is 0.191. The van der Waals surface area contributed by atoms with Crippen molar-refractivity contribution in [1.29, 1.82) is 0 Å². The number of nitrogens with one attached hydrogen (secondary N) is 3. The number of thiophene rings is 2. The average molecular weight is 831 g/mol. The van der Waals surface area contributed by atoms with Crippen molar-refractivity contribution in [2.24, 2.45) is 21.8 Å². The molecule has 8 heterocycles. The average Bonchev–Trinajstić information content (AvgIpc) is 4.04. The van der Waals surface area contributed by atoms with Gasteiger partial charge in [0.05, 0.1) is 36.7 Å². The second kappa shape index (κ2) is 15.6. The van der Waals surface area contributed by atoms with Crippen LogP contribution in [0.5, 0.6) is 5.88 Å². The zero-order valence-corrected chi connectivity index (χ0v) is 34.9. The standard InChI is InChI=1S/C21H22N6O2S.C20H20N6O2S/c1-27(2)21(28)11-4-5-13-16(7-11)30-20-17(13)18(23-10-24-20)25-14-6-12-8-22-9-15(12)26-19(14)29-3;1-26(2)20(28)10-3-4-12-15(6-10)29-19-16(12)17(22-9-23-19)24-13-5-11-7-21-8-14(11)25-18(13)27/h6,8,10-11H,4-5,7,9H2,1-3H3,(H,23,24,25);5,7,9-10H,3-4,6,8H2,1-2H3,(H,25,27)(H,22,23,24)/t11-;10-/m00/s1. The van der Waals surface area contributed by atoms with Gasteiger partial charge in [-0.2, -0.15) is 0 Å². The number of anilines is 4. The second-order valence-corrected chi connectivity index (χ2v) is 17.5. The lowest BCUT2D eigenvalue weighted by Crippen LogP contribution is -2.32. The molecule has 59 heavy (non-hydrogen) atoms. The largest absolute Gasteiger partial charge is 0.480 e. The van der Waals surface area contributed by atoms with Gasteiger partial charge in [-0.15, -0.1) is 22.7 Å². The molecule has 0 fully saturated rings. The van der Waals surface area contributed by atoms with E-state index in [4.69, 9.17) is 4.74 Å². The van der Waals surface area contributed by atoms with Crippen LogP contribution in [0.25, 0.3) is 20.4 Å². The normalized spacial score (nSPS) is 17.1. The zero-order valence-electron chi connectivity index (χ0n) is 33.3. The maximum atomic E-state index is 12.5. The molecular weight excluding hydrogens is 789 g/mol. The Kier molecular flexibility index (Phi) is 10.1. The van der Waals surface area contributed by atoms with Gasteiger partial charge in [-0.25, -0.2) is 24.9 Å². The highest BCUT2D eigenvalue weighted by Gasteiger charge is 2.32. The van der Waals surface area contributed by atoms with Crippen LogP contribution in [0.2, 0.25) is 0 Å². The summed E-state index contributed by atoms with van der Waals surface area (Å²) in [7, 11) is 8.85. The Bertz CT molecular complexity index is 2790. The SMILES string of the molecule is CN(C)C(=O)[C@H]1CCc2c(sc3ncnc(Nc4cc5c([nH]c4=O)CN=C5)c23)C1.COc1nc2c(cc1Nc1ncnc3sc4c(c13)CC[C@H](C(=O)N(C)C)C4)C=NC2. The van der Waals surface area contributed by atoms with Crippen molar-refractivity contribution >= 4 is 90.4 Å². The number of ether oxygens (including phenoxy) is 1. The summed E-state index contributed by atoms with van der Waals surface area (Å²) in [5.74, 6) is 2.29. The fourth-order valence-electron chi connectivity index (χ4n) is 8.24. The first-order chi connectivity index (χ1) is 28.6. The molecule has 3 N–H and O–H groups in total. The van der Waals surface area contributed by atoms with E-state index in [0.717, 1.165) is 93.0 Å². The van der Waals surface area contributed by atoms with E-state index in [1.54, 1.807) is 66.2 Å². The maximum Gasteiger partial charge on any atom is 0.271 e. The number of aromatic amines is 1. The Morgan fingerprint density at radius 2 is 1.31 bits per heavy atom. The first-order valence-corrected chi connectivity index (χ1v) is 21.0. The molecule has 0 radical (unpaired) electrons. The molecule has 0 bridgehead atoms. The molecule has 0 spiro atoms. The minimum Gasteiger partial charge on any atom is -0.480 e. The summed E-state index contributed by atoms with van der Waals surface area (Å²) in [5, 5.41) is 8.61. The Labute approximate surface area is 346 Å². The van der Waals surface area contributed by atoms with Crippen LogP contribution in [0.3, 0.4) is 0 Å². The maximum absolute atomic E-state index is 12.5. The van der Waals surface area contributed by atoms with Gasteiger partial charge in [0, 0.05) is 79.0 Å². The summed E-state index contributed by atoms with van der Waals surface area (Å²) in [6, 6.07) is 3.80. The van der Waals surface area contributed by atoms with Crippen LogP contribution in [0.4, 0.5) is 23.0 Å². The molecular formula is C41H42N12O4S2. The number of aryl methyl sites for hydroxylation is 2. The summed E-state index contributed by atoms with van der Waals surface area (Å²) < 4.78 is 5.50. The summed E-state index contributed by atoms with van der Waals surface area (Å²) in [5.41, 5.74) is 7.07. The molecule has 4 aliphatic rings. The minimum atomic E-state index is -0.193. The fourth-order valence-corrected chi connectivity index (χ4v) is 10.8. The fraction of sp³-hybridized carbons (Fsp3) is 0.366. The van der Waals surface area contributed by atoms with Crippen molar-refractivity contribution in [1.82, 2.24) is 39.7 Å². The summed E-state index contributed by atoms with van der Waals surface area (Å²) in [4.78, 5) is 78.7. The van der Waals surface area contributed by atoms with Gasteiger partial charge in [-0.3, -0.25) is 24.4 Å². The van der Waals surface area contributed by atoms with Crippen LogP contribution in [0.1, 0.15) is 56.2 Å². The Morgan fingerprint density at radius 3 is 1.88 bits per heavy atom. The molecule has 2 atom stereocenters. The molecule has 0 aromatic carbocycles. The lowest BCUT2D eigenvalue weighted by Gasteiger charge is -2.24. The van der Waals surface area contributed by atoms with Crippen molar-refractivity contribution in [3.05, 3.63) is 78.5 Å². The molecule has 6 aromatic rings. The van der Waals surface area contributed by atoms with E-state index >= 15 is 0 Å². The lowest BCUT2D eigenvalue weighted by molar-refractivity contribution is -0.134. The van der Waals surface area contributed by atoms with E-state index in [1.165, 1.54) is 27.2 Å². The topological polar surface area (TPSA) is 196 Å². The van der Waals surface area contributed by atoms with Crippen molar-refractivity contribution in [2.75, 3.05) is 45.9 Å². The number of hydrogen-bond acceptors (Lipinski definition) is 15. The highest BCUT2D eigenvalue weighted by molar-refractivity contribution is 7.19. The van der Waals surface area contributed by atoms with Crippen LogP contribution < -0.4 is 20.9 Å². The number of nitrogens with zero attached hydrogens (tertiary/aromatic N) is 9. The number of aliphatic imine (C=N–C) groups is 2. The first-order valence-electron chi connectivity index (χ1n) is 19.4. The lowest BCUT2D eigenvalue weighted by atomic mass is 9.87. The third-order valence-electron chi connectivity index (χ3n) is 11.2. The van der Waals surface area contributed by atoms with Gasteiger partial charge in [0.25, 0.3) is 5.56 Å². The second-order valence-electron chi connectivity index (χ2n) is 15.4. The van der Waals surface area contributed by atoms with Gasteiger partial charge in [0.15, 0.2) is 0 Å². The van der Waals surface area contributed by atoms with Crippen LogP contribution >= 0.6 is 22.7 Å². The van der Waals surface area contributed by atoms with Gasteiger partial charge in [0.2, 0.25) is 17.7 Å². The van der Waals surface area contributed by atoms with Gasteiger partial charge < -0.3 is 30.2 Å². The van der Waals surface area contributed by atoms with Gasteiger partial charge in [-0.05, 0) is 61.8 Å². The Hall–Kier alpha value is -6.14. The Morgan fingerprint density at radius 1 is 0.763 bits per heavy atom. The third kappa shape index (κ3) is 7.20. The van der Waals surface area contributed by atoms with Crippen LogP contribution in [-0.4, -0.2) is 99.2 Å². The number of methoxy groups -OCH3 is 1. The summed E-state index contributed by atoms with van der Waals surface area (Å²) >= 11 is 3.27. The molecule has 18 heteroatoms. The number of carbonyl (C=O) groups excluding carboxylic acids is 2. The van der Waals surface area contributed by atoms with E-state index in [0.29, 0.717) is 30.5 Å². The number of H-pyrrole nitrogens is 1. The van der Waals surface area contributed by atoms with Crippen LogP contribution in [0, 0.1) is 11.8 Å². The molecule has 302 valence electrons. The van der Waals surface area contributed by atoms with Crippen molar-refractivity contribution in [2.45, 2.75) is 51.6 Å². The first kappa shape index (κ1) is 38.4.